The Morgan fingerprint density at radius 1 is 1.55 bits per heavy atom. The molecule has 1 aromatic heterocycles. The first-order valence-electron chi connectivity index (χ1n) is 7.90. The molecule has 2 aliphatic heterocycles. The van der Waals surface area contributed by atoms with E-state index in [1.165, 1.54) is 23.2 Å². The van der Waals surface area contributed by atoms with E-state index in [0.29, 0.717) is 12.2 Å². The van der Waals surface area contributed by atoms with Gasteiger partial charge in [0.05, 0.1) is 0 Å². The fourth-order valence-electron chi connectivity index (χ4n) is 2.58. The molecule has 150 valence electrons. The van der Waals surface area contributed by atoms with E-state index in [-0.39, 0.29) is 22.2 Å². The number of rotatable bonds is 8. The summed E-state index contributed by atoms with van der Waals surface area (Å²) >= 11 is 2.33. The number of thioether (sulfide) groups is 1. The smallest absolute Gasteiger partial charge is 0.352 e. The van der Waals surface area contributed by atoms with Crippen molar-refractivity contribution in [3.63, 3.8) is 0 Å². The number of aromatic nitrogens is 1. The Hall–Kier alpha value is -3.44. The first kappa shape index (κ1) is 20.3. The minimum absolute atomic E-state index is 0.0702. The van der Waals surface area contributed by atoms with Crippen LogP contribution in [0.1, 0.15) is 5.69 Å². The highest BCUT2D eigenvalue weighted by Gasteiger charge is 2.53. The number of hydrogen-bond donors (Lipinski definition) is 3. The molecule has 2 aliphatic rings. The number of carbonyl (C=O) groups excluding carboxylic acids is 3. The summed E-state index contributed by atoms with van der Waals surface area (Å²) in [5, 5.41) is 27.3. The lowest BCUT2D eigenvalue weighted by Crippen LogP contribution is -2.70. The standard InChI is InChI=1S/C15H12N6O6S2/c16-2-3-27-20-9(7-5-29-15(18-7)17-6-22)11(23)19-10-12(24)21-8(14(25)26)1-4-28-13(10)21/h1,5-6,10,13H,3-4H2,(H,19,23)(H,25,26)(H,17,18,22)/b20-9+/t10?,13-/m1/s1. The second-order valence-electron chi connectivity index (χ2n) is 5.45. The van der Waals surface area contributed by atoms with Crippen LogP contribution < -0.4 is 10.6 Å². The zero-order valence-corrected chi connectivity index (χ0v) is 16.0. The topological polar surface area (TPSA) is 174 Å². The highest BCUT2D eigenvalue weighted by molar-refractivity contribution is 8.00. The molecule has 2 atom stereocenters. The number of fused-ring (bicyclic) bond motifs is 1. The van der Waals surface area contributed by atoms with Crippen LogP contribution in [0, 0.1) is 11.3 Å². The van der Waals surface area contributed by atoms with Crippen LogP contribution in [0.5, 0.6) is 0 Å². The third-order valence-corrected chi connectivity index (χ3v) is 5.74. The van der Waals surface area contributed by atoms with Crippen LogP contribution in [-0.2, 0) is 24.0 Å². The molecule has 0 saturated carbocycles. The van der Waals surface area contributed by atoms with E-state index in [4.69, 9.17) is 10.1 Å². The van der Waals surface area contributed by atoms with Gasteiger partial charge in [-0.3, -0.25) is 19.3 Å². The van der Waals surface area contributed by atoms with Gasteiger partial charge in [0.1, 0.15) is 28.9 Å². The second-order valence-corrected chi connectivity index (χ2v) is 7.46. The summed E-state index contributed by atoms with van der Waals surface area (Å²) in [4.78, 5) is 56.7. The summed E-state index contributed by atoms with van der Waals surface area (Å²) in [6.45, 7) is -0.415. The minimum atomic E-state index is -1.22. The highest BCUT2D eigenvalue weighted by atomic mass is 32.2. The molecule has 0 aliphatic carbocycles. The Labute approximate surface area is 171 Å². The summed E-state index contributed by atoms with van der Waals surface area (Å²) in [5.74, 6) is -2.21. The van der Waals surface area contributed by atoms with Crippen molar-refractivity contribution in [2.75, 3.05) is 17.7 Å². The molecule has 0 bridgehead atoms. The SMILES string of the molecule is N#CCO/N=C(/C(=O)NC1C(=O)N2C(C(=O)O)=CCS[C@H]12)c1csc(NC=O)n1. The maximum Gasteiger partial charge on any atom is 0.352 e. The molecule has 3 rings (SSSR count). The number of oxime groups is 1. The van der Waals surface area contributed by atoms with Crippen LogP contribution in [0.15, 0.2) is 22.3 Å². The van der Waals surface area contributed by atoms with Gasteiger partial charge in [0, 0.05) is 11.1 Å². The second kappa shape index (κ2) is 8.71. The number of carbonyl (C=O) groups is 4. The lowest BCUT2D eigenvalue weighted by molar-refractivity contribution is -0.150. The van der Waals surface area contributed by atoms with E-state index in [1.807, 2.05) is 0 Å². The van der Waals surface area contributed by atoms with Crippen molar-refractivity contribution in [1.29, 1.82) is 5.26 Å². The van der Waals surface area contributed by atoms with Gasteiger partial charge in [-0.15, -0.1) is 23.1 Å². The van der Waals surface area contributed by atoms with Crippen LogP contribution in [0.3, 0.4) is 0 Å². The monoisotopic (exact) mass is 436 g/mol. The molecule has 3 N–H and O–H groups in total. The Morgan fingerprint density at radius 3 is 3.03 bits per heavy atom. The third-order valence-electron chi connectivity index (χ3n) is 3.78. The molecule has 1 fully saturated rings. The molecule has 0 spiro atoms. The summed E-state index contributed by atoms with van der Waals surface area (Å²) in [6.07, 6.45) is 1.85. The maximum absolute atomic E-state index is 12.7. The van der Waals surface area contributed by atoms with Crippen LogP contribution in [0.2, 0.25) is 0 Å². The largest absolute Gasteiger partial charge is 0.477 e. The number of hydrogen-bond acceptors (Lipinski definition) is 10. The quantitative estimate of drug-likeness (QED) is 0.157. The van der Waals surface area contributed by atoms with Crippen molar-refractivity contribution in [3.05, 3.63) is 22.8 Å². The van der Waals surface area contributed by atoms with Crippen molar-refractivity contribution in [2.24, 2.45) is 5.16 Å². The Balaban J connectivity index is 1.77. The molecule has 1 saturated heterocycles. The average Bonchev–Trinajstić information content (AvgIpc) is 3.16. The summed E-state index contributed by atoms with van der Waals surface area (Å²) in [7, 11) is 0. The normalized spacial score (nSPS) is 20.5. The molecule has 29 heavy (non-hydrogen) atoms. The Bertz CT molecular complexity index is 967. The van der Waals surface area contributed by atoms with Gasteiger partial charge in [-0.25, -0.2) is 9.78 Å². The van der Waals surface area contributed by atoms with Crippen LogP contribution >= 0.6 is 23.1 Å². The predicted octanol–water partition coefficient (Wildman–Crippen LogP) is -0.676. The fourth-order valence-corrected chi connectivity index (χ4v) is 4.43. The average molecular weight is 436 g/mol. The van der Waals surface area contributed by atoms with Gasteiger partial charge in [-0.2, -0.15) is 5.26 Å². The van der Waals surface area contributed by atoms with E-state index in [0.717, 1.165) is 16.2 Å². The molecule has 3 heterocycles. The number of carboxylic acid groups (broad SMARTS) is 1. The zero-order valence-electron chi connectivity index (χ0n) is 14.4. The number of aliphatic carboxylic acids is 1. The van der Waals surface area contributed by atoms with Crippen molar-refractivity contribution in [1.82, 2.24) is 15.2 Å². The minimum Gasteiger partial charge on any atom is -0.477 e. The predicted molar refractivity (Wildman–Crippen MR) is 101 cm³/mol. The Morgan fingerprint density at radius 2 is 2.34 bits per heavy atom. The van der Waals surface area contributed by atoms with Gasteiger partial charge in [0.15, 0.2) is 10.8 Å². The van der Waals surface area contributed by atoms with E-state index < -0.39 is 35.8 Å². The van der Waals surface area contributed by atoms with E-state index in [2.05, 4.69) is 20.8 Å². The van der Waals surface area contributed by atoms with Crippen LogP contribution in [0.4, 0.5) is 5.13 Å². The fraction of sp³-hybridized carbons (Fsp3) is 0.267. The molecule has 12 nitrogen and oxygen atoms in total. The molecule has 14 heteroatoms. The van der Waals surface area contributed by atoms with Gasteiger partial charge in [0.25, 0.3) is 11.8 Å². The van der Waals surface area contributed by atoms with Gasteiger partial charge in [-0.05, 0) is 6.08 Å². The number of anilines is 1. The summed E-state index contributed by atoms with van der Waals surface area (Å²) < 4.78 is 0. The van der Waals surface area contributed by atoms with Crippen molar-refractivity contribution < 1.29 is 29.1 Å². The zero-order chi connectivity index (χ0) is 21.0. The lowest BCUT2D eigenvalue weighted by Gasteiger charge is -2.48. The van der Waals surface area contributed by atoms with Crippen molar-refractivity contribution >= 4 is 58.1 Å². The number of nitrogens with one attached hydrogen (secondary N) is 2. The third kappa shape index (κ3) is 4.05. The number of thiazole rings is 1. The number of amides is 3. The van der Waals surface area contributed by atoms with Gasteiger partial charge >= 0.3 is 5.97 Å². The van der Waals surface area contributed by atoms with Crippen molar-refractivity contribution in [3.8, 4) is 6.07 Å². The number of nitrogens with zero attached hydrogens (tertiary/aromatic N) is 4. The lowest BCUT2D eigenvalue weighted by atomic mass is 10.0. The van der Waals surface area contributed by atoms with Crippen molar-refractivity contribution in [2.45, 2.75) is 11.4 Å². The molecule has 1 unspecified atom stereocenters. The first-order valence-corrected chi connectivity index (χ1v) is 9.82. The Kier molecular flexibility index (Phi) is 6.10. The molecule has 3 amide bonds. The van der Waals surface area contributed by atoms with E-state index in [9.17, 15) is 24.3 Å². The molecule has 0 radical (unpaired) electrons. The maximum atomic E-state index is 12.7. The van der Waals surface area contributed by atoms with Crippen LogP contribution in [0.25, 0.3) is 0 Å². The molecular formula is C15H12N6O6S2. The van der Waals surface area contributed by atoms with E-state index in [1.54, 1.807) is 6.07 Å². The van der Waals surface area contributed by atoms with Gasteiger partial charge in [0.2, 0.25) is 13.0 Å². The van der Waals surface area contributed by atoms with Crippen LogP contribution in [-0.4, -0.2) is 68.7 Å². The first-order chi connectivity index (χ1) is 14.0. The number of carboxylic acids is 1. The number of nitriles is 1. The summed E-state index contributed by atoms with van der Waals surface area (Å²) in [6, 6.07) is 0.743. The summed E-state index contributed by atoms with van der Waals surface area (Å²) in [5.41, 5.74) is -0.350. The molecular weight excluding hydrogens is 424 g/mol. The number of β-lactam (4-membered cyclic amide) rings is 1. The molecule has 0 aromatic carbocycles. The molecule has 1 aromatic rings. The van der Waals surface area contributed by atoms with E-state index >= 15 is 0 Å². The highest BCUT2D eigenvalue weighted by Crippen LogP contribution is 2.37. The van der Waals surface area contributed by atoms with Gasteiger partial charge < -0.3 is 20.6 Å². The van der Waals surface area contributed by atoms with Gasteiger partial charge in [-0.1, -0.05) is 5.16 Å².